The molecule has 4 nitrogen and oxygen atoms in total. The third-order valence-electron chi connectivity index (χ3n) is 3.02. The first-order valence-electron chi connectivity index (χ1n) is 6.16. The summed E-state index contributed by atoms with van der Waals surface area (Å²) in [5.41, 5.74) is 1.30. The number of thiazole rings is 1. The summed E-state index contributed by atoms with van der Waals surface area (Å²) in [7, 11) is 1.59. The highest BCUT2D eigenvalue weighted by atomic mass is 35.5. The Labute approximate surface area is 130 Å². The number of benzene rings is 1. The van der Waals surface area contributed by atoms with Crippen molar-refractivity contribution in [3.8, 4) is 5.75 Å². The summed E-state index contributed by atoms with van der Waals surface area (Å²) in [6.45, 7) is 0. The van der Waals surface area contributed by atoms with Crippen LogP contribution in [0.1, 0.15) is 16.1 Å². The lowest BCUT2D eigenvalue weighted by Gasteiger charge is -2.00. The van der Waals surface area contributed by atoms with Crippen molar-refractivity contribution < 1.29 is 9.53 Å². The first-order chi connectivity index (χ1) is 10.2. The normalized spacial score (nSPS) is 11.3. The number of ketones is 1. The molecule has 0 saturated heterocycles. The van der Waals surface area contributed by atoms with Gasteiger partial charge in [0.05, 0.1) is 12.8 Å². The molecular formula is C15H11ClN2O2S. The van der Waals surface area contributed by atoms with Crippen molar-refractivity contribution in [3.63, 3.8) is 0 Å². The molecule has 0 N–H and O–H groups in total. The molecule has 2 heterocycles. The molecule has 0 atom stereocenters. The lowest BCUT2D eigenvalue weighted by Crippen LogP contribution is -1.94. The topological polar surface area (TPSA) is 43.6 Å². The molecule has 0 aliphatic rings. The number of allylic oxidation sites excluding steroid dienone is 1. The Morgan fingerprint density at radius 2 is 2.14 bits per heavy atom. The average Bonchev–Trinajstić information content (AvgIpc) is 3.06. The number of methoxy groups -OCH3 is 1. The third kappa shape index (κ3) is 2.70. The van der Waals surface area contributed by atoms with Crippen LogP contribution in [-0.2, 0) is 0 Å². The van der Waals surface area contributed by atoms with Gasteiger partial charge in [-0.15, -0.1) is 11.3 Å². The zero-order valence-corrected chi connectivity index (χ0v) is 12.7. The number of carbonyl (C=O) groups is 1. The minimum atomic E-state index is -0.0982. The largest absolute Gasteiger partial charge is 0.497 e. The van der Waals surface area contributed by atoms with E-state index in [9.17, 15) is 4.79 Å². The van der Waals surface area contributed by atoms with E-state index in [-0.39, 0.29) is 5.78 Å². The van der Waals surface area contributed by atoms with E-state index in [1.807, 2.05) is 16.0 Å². The van der Waals surface area contributed by atoms with Crippen molar-refractivity contribution in [2.24, 2.45) is 0 Å². The fourth-order valence-corrected chi connectivity index (χ4v) is 2.94. The fourth-order valence-electron chi connectivity index (χ4n) is 1.93. The van der Waals surface area contributed by atoms with Gasteiger partial charge in [0.2, 0.25) is 0 Å². The molecule has 0 saturated carbocycles. The van der Waals surface area contributed by atoms with Gasteiger partial charge >= 0.3 is 0 Å². The van der Waals surface area contributed by atoms with Gasteiger partial charge in [0, 0.05) is 17.1 Å². The Balaban J connectivity index is 1.86. The molecule has 3 rings (SSSR count). The Morgan fingerprint density at radius 3 is 2.86 bits per heavy atom. The van der Waals surface area contributed by atoms with Gasteiger partial charge in [-0.1, -0.05) is 11.6 Å². The van der Waals surface area contributed by atoms with E-state index >= 15 is 0 Å². The van der Waals surface area contributed by atoms with E-state index in [2.05, 4.69) is 4.98 Å². The van der Waals surface area contributed by atoms with Gasteiger partial charge in [0.25, 0.3) is 0 Å². The zero-order valence-electron chi connectivity index (χ0n) is 11.1. The molecule has 0 spiro atoms. The Kier molecular flexibility index (Phi) is 3.77. The number of halogens is 1. The van der Waals surface area contributed by atoms with Gasteiger partial charge in [-0.3, -0.25) is 9.20 Å². The quantitative estimate of drug-likeness (QED) is 0.540. The van der Waals surface area contributed by atoms with Crippen molar-refractivity contribution >= 4 is 39.8 Å². The molecule has 2 aromatic heterocycles. The molecule has 3 aromatic rings. The predicted molar refractivity (Wildman–Crippen MR) is 84.4 cm³/mol. The van der Waals surface area contributed by atoms with Gasteiger partial charge in [0.15, 0.2) is 15.9 Å². The summed E-state index contributed by atoms with van der Waals surface area (Å²) in [5.74, 6) is 0.619. The molecule has 1 aromatic carbocycles. The molecule has 0 aliphatic heterocycles. The molecule has 0 fully saturated rings. The molecule has 106 valence electrons. The third-order valence-corrected chi connectivity index (χ3v) is 4.06. The lowest BCUT2D eigenvalue weighted by molar-refractivity contribution is 0.104. The van der Waals surface area contributed by atoms with Crippen LogP contribution >= 0.6 is 22.9 Å². The molecule has 0 radical (unpaired) electrons. The van der Waals surface area contributed by atoms with Gasteiger partial charge in [-0.05, 0) is 36.4 Å². The van der Waals surface area contributed by atoms with E-state index in [1.165, 1.54) is 17.4 Å². The number of nitrogens with zero attached hydrogens (tertiary/aromatic N) is 2. The summed E-state index contributed by atoms with van der Waals surface area (Å²) in [5, 5.41) is 2.31. The van der Waals surface area contributed by atoms with Crippen LogP contribution in [0, 0.1) is 0 Å². The molecule has 0 amide bonds. The van der Waals surface area contributed by atoms with Gasteiger partial charge in [0.1, 0.15) is 5.75 Å². The Morgan fingerprint density at radius 1 is 1.38 bits per heavy atom. The second-order valence-corrected chi connectivity index (χ2v) is 5.50. The van der Waals surface area contributed by atoms with Crippen molar-refractivity contribution in [1.29, 1.82) is 0 Å². The highest BCUT2D eigenvalue weighted by Gasteiger charge is 2.09. The van der Waals surface area contributed by atoms with Crippen molar-refractivity contribution in [3.05, 3.63) is 58.3 Å². The van der Waals surface area contributed by atoms with E-state index in [4.69, 9.17) is 16.3 Å². The van der Waals surface area contributed by atoms with Crippen LogP contribution in [0.4, 0.5) is 0 Å². The van der Waals surface area contributed by atoms with Crippen molar-refractivity contribution in [2.45, 2.75) is 0 Å². The van der Waals surface area contributed by atoms with Crippen molar-refractivity contribution in [2.75, 3.05) is 7.11 Å². The summed E-state index contributed by atoms with van der Waals surface area (Å²) in [6, 6.07) is 6.96. The van der Waals surface area contributed by atoms with Crippen LogP contribution in [-0.4, -0.2) is 22.3 Å². The number of hydrogen-bond donors (Lipinski definition) is 0. The number of rotatable bonds is 4. The summed E-state index contributed by atoms with van der Waals surface area (Å²) in [6.07, 6.45) is 5.05. The number of ether oxygens (including phenoxy) is 1. The molecular weight excluding hydrogens is 308 g/mol. The van der Waals surface area contributed by atoms with Crippen LogP contribution in [0.3, 0.4) is 0 Å². The number of hydrogen-bond acceptors (Lipinski definition) is 4. The standard InChI is InChI=1S/C15H11ClN2O2S/c1-20-11-4-2-10(3-5-11)13(19)7-6-12-14(16)17-15-18(12)8-9-21-15/h2-9H,1H3/b7-6+. The van der Waals surface area contributed by atoms with Crippen LogP contribution in [0.5, 0.6) is 5.75 Å². The van der Waals surface area contributed by atoms with Crippen LogP contribution in [0.2, 0.25) is 5.15 Å². The van der Waals surface area contributed by atoms with Crippen LogP contribution in [0.15, 0.2) is 41.9 Å². The number of aromatic nitrogens is 2. The van der Waals surface area contributed by atoms with Gasteiger partial charge in [-0.2, -0.15) is 0 Å². The van der Waals surface area contributed by atoms with Crippen LogP contribution < -0.4 is 4.74 Å². The maximum Gasteiger partial charge on any atom is 0.195 e. The van der Waals surface area contributed by atoms with E-state index < -0.39 is 0 Å². The predicted octanol–water partition coefficient (Wildman–Crippen LogP) is 3.95. The molecule has 6 heteroatoms. The van der Waals surface area contributed by atoms with Gasteiger partial charge < -0.3 is 4.74 Å². The van der Waals surface area contributed by atoms with E-state index in [0.717, 1.165) is 4.96 Å². The van der Waals surface area contributed by atoms with Crippen LogP contribution in [0.25, 0.3) is 11.0 Å². The Bertz CT molecular complexity index is 818. The average molecular weight is 319 g/mol. The summed E-state index contributed by atoms with van der Waals surface area (Å²) < 4.78 is 6.92. The Hall–Kier alpha value is -2.11. The number of fused-ring (bicyclic) bond motifs is 1. The highest BCUT2D eigenvalue weighted by Crippen LogP contribution is 2.22. The minimum absolute atomic E-state index is 0.0982. The van der Waals surface area contributed by atoms with Crippen molar-refractivity contribution in [1.82, 2.24) is 9.38 Å². The molecule has 0 unspecified atom stereocenters. The number of imidazole rings is 1. The summed E-state index contributed by atoms with van der Waals surface area (Å²) >= 11 is 7.57. The first kappa shape index (κ1) is 13.9. The minimum Gasteiger partial charge on any atom is -0.497 e. The smallest absolute Gasteiger partial charge is 0.195 e. The molecule has 0 aliphatic carbocycles. The maximum atomic E-state index is 12.1. The SMILES string of the molecule is COc1ccc(C(=O)/C=C/c2c(Cl)nc3sccn23)cc1. The van der Waals surface area contributed by atoms with Gasteiger partial charge in [-0.25, -0.2) is 4.98 Å². The first-order valence-corrected chi connectivity index (χ1v) is 7.42. The maximum absolute atomic E-state index is 12.1. The highest BCUT2D eigenvalue weighted by molar-refractivity contribution is 7.15. The fraction of sp³-hybridized carbons (Fsp3) is 0.0667. The zero-order chi connectivity index (χ0) is 14.8. The lowest BCUT2D eigenvalue weighted by atomic mass is 10.1. The summed E-state index contributed by atoms with van der Waals surface area (Å²) in [4.78, 5) is 17.1. The molecule has 0 bridgehead atoms. The van der Waals surface area contributed by atoms with E-state index in [0.29, 0.717) is 22.2 Å². The second kappa shape index (κ2) is 5.71. The van der Waals surface area contributed by atoms with E-state index in [1.54, 1.807) is 37.5 Å². The second-order valence-electron chi connectivity index (χ2n) is 4.27. The number of carbonyl (C=O) groups excluding carboxylic acids is 1. The monoisotopic (exact) mass is 318 g/mol. The molecule has 21 heavy (non-hydrogen) atoms.